The van der Waals surface area contributed by atoms with Crippen LogP contribution in [0.15, 0.2) is 24.3 Å². The Hall–Kier alpha value is -1.84. The molecule has 0 aromatic heterocycles. The van der Waals surface area contributed by atoms with E-state index in [1.807, 2.05) is 31.2 Å². The molecular formula is C13H18N2O2. The van der Waals surface area contributed by atoms with Gasteiger partial charge in [-0.25, -0.2) is 0 Å². The van der Waals surface area contributed by atoms with Crippen LogP contribution < -0.4 is 10.6 Å². The van der Waals surface area contributed by atoms with Crippen LogP contribution in [0.3, 0.4) is 0 Å². The Balaban J connectivity index is 2.28. The van der Waals surface area contributed by atoms with Gasteiger partial charge in [0.1, 0.15) is 0 Å². The summed E-state index contributed by atoms with van der Waals surface area (Å²) in [5.41, 5.74) is 2.24. The minimum absolute atomic E-state index is 0.0402. The normalized spacial score (nSPS) is 9.76. The maximum atomic E-state index is 11.4. The summed E-state index contributed by atoms with van der Waals surface area (Å²) < 4.78 is 0. The van der Waals surface area contributed by atoms with E-state index in [4.69, 9.17) is 0 Å². The van der Waals surface area contributed by atoms with Crippen LogP contribution in [0.5, 0.6) is 0 Å². The van der Waals surface area contributed by atoms with Crippen molar-refractivity contribution >= 4 is 11.8 Å². The van der Waals surface area contributed by atoms with Crippen molar-refractivity contribution in [2.75, 3.05) is 6.54 Å². The molecule has 0 atom stereocenters. The van der Waals surface area contributed by atoms with Gasteiger partial charge < -0.3 is 10.6 Å². The lowest BCUT2D eigenvalue weighted by molar-refractivity contribution is -0.126. The summed E-state index contributed by atoms with van der Waals surface area (Å²) in [7, 11) is 0. The molecule has 2 N–H and O–H groups in total. The molecule has 0 heterocycles. The predicted octanol–water partition coefficient (Wildman–Crippen LogP) is 1.14. The van der Waals surface area contributed by atoms with Crippen LogP contribution in [0.25, 0.3) is 0 Å². The molecule has 4 nitrogen and oxygen atoms in total. The van der Waals surface area contributed by atoms with Gasteiger partial charge >= 0.3 is 0 Å². The van der Waals surface area contributed by atoms with Crippen molar-refractivity contribution in [3.8, 4) is 0 Å². The number of aryl methyl sites for hydroxylation is 1. The topological polar surface area (TPSA) is 58.2 Å². The molecule has 1 aromatic carbocycles. The highest BCUT2D eigenvalue weighted by Gasteiger charge is 2.03. The summed E-state index contributed by atoms with van der Waals surface area (Å²) in [4.78, 5) is 22.3. The van der Waals surface area contributed by atoms with Crippen LogP contribution in [-0.2, 0) is 16.1 Å². The van der Waals surface area contributed by atoms with Crippen LogP contribution >= 0.6 is 0 Å². The highest BCUT2D eigenvalue weighted by Crippen LogP contribution is 2.02. The van der Waals surface area contributed by atoms with Gasteiger partial charge in [-0.1, -0.05) is 36.8 Å². The standard InChI is InChI=1S/C13H18N2O2/c1-3-12(16)15-9-13(17)14-8-11-6-4-10(2)5-7-11/h4-7H,3,8-9H2,1-2H3,(H,14,17)(H,15,16). The molecule has 4 heteroatoms. The Bertz CT molecular complexity index is 385. The minimum atomic E-state index is -0.174. The van der Waals surface area contributed by atoms with Crippen molar-refractivity contribution in [2.45, 2.75) is 26.8 Å². The molecule has 0 radical (unpaired) electrons. The lowest BCUT2D eigenvalue weighted by atomic mass is 10.1. The molecule has 1 aromatic rings. The van der Waals surface area contributed by atoms with E-state index in [1.54, 1.807) is 6.92 Å². The van der Waals surface area contributed by atoms with Crippen molar-refractivity contribution in [2.24, 2.45) is 0 Å². The highest BCUT2D eigenvalue weighted by atomic mass is 16.2. The summed E-state index contributed by atoms with van der Waals surface area (Å²) in [5.74, 6) is -0.289. The molecule has 0 aliphatic heterocycles. The summed E-state index contributed by atoms with van der Waals surface area (Å²) in [6, 6.07) is 7.95. The summed E-state index contributed by atoms with van der Waals surface area (Å²) >= 11 is 0. The third-order valence-corrected chi connectivity index (χ3v) is 2.38. The van der Waals surface area contributed by atoms with Gasteiger partial charge in [-0.05, 0) is 12.5 Å². The Morgan fingerprint density at radius 1 is 1.06 bits per heavy atom. The molecule has 0 aliphatic rings. The molecule has 0 bridgehead atoms. The Morgan fingerprint density at radius 2 is 1.71 bits per heavy atom. The second kappa shape index (κ2) is 6.68. The zero-order chi connectivity index (χ0) is 12.7. The Labute approximate surface area is 101 Å². The van der Waals surface area contributed by atoms with E-state index in [1.165, 1.54) is 5.56 Å². The third-order valence-electron chi connectivity index (χ3n) is 2.38. The molecule has 0 saturated carbocycles. The van der Waals surface area contributed by atoms with E-state index in [-0.39, 0.29) is 18.4 Å². The van der Waals surface area contributed by atoms with E-state index in [2.05, 4.69) is 10.6 Å². The minimum Gasteiger partial charge on any atom is -0.350 e. The Morgan fingerprint density at radius 3 is 2.29 bits per heavy atom. The number of hydrogen-bond acceptors (Lipinski definition) is 2. The van der Waals surface area contributed by atoms with Gasteiger partial charge in [0.15, 0.2) is 0 Å². The number of rotatable bonds is 5. The SMILES string of the molecule is CCC(=O)NCC(=O)NCc1ccc(C)cc1. The van der Waals surface area contributed by atoms with Crippen LogP contribution in [0.1, 0.15) is 24.5 Å². The van der Waals surface area contributed by atoms with Gasteiger partial charge in [0.2, 0.25) is 11.8 Å². The van der Waals surface area contributed by atoms with Crippen LogP contribution in [0.2, 0.25) is 0 Å². The molecule has 0 fully saturated rings. The summed E-state index contributed by atoms with van der Waals surface area (Å²) in [6.07, 6.45) is 0.394. The van der Waals surface area contributed by atoms with Crippen LogP contribution in [0, 0.1) is 6.92 Å². The number of benzene rings is 1. The fourth-order valence-corrected chi connectivity index (χ4v) is 1.27. The number of carbonyl (C=O) groups is 2. The van der Waals surface area contributed by atoms with Crippen molar-refractivity contribution in [1.29, 1.82) is 0 Å². The van der Waals surface area contributed by atoms with Crippen molar-refractivity contribution in [3.05, 3.63) is 35.4 Å². The molecular weight excluding hydrogens is 216 g/mol. The largest absolute Gasteiger partial charge is 0.350 e. The monoisotopic (exact) mass is 234 g/mol. The molecule has 17 heavy (non-hydrogen) atoms. The maximum Gasteiger partial charge on any atom is 0.239 e. The smallest absolute Gasteiger partial charge is 0.239 e. The molecule has 1 rings (SSSR count). The van der Waals surface area contributed by atoms with Gasteiger partial charge in [0, 0.05) is 13.0 Å². The van der Waals surface area contributed by atoms with E-state index in [0.29, 0.717) is 13.0 Å². The van der Waals surface area contributed by atoms with Gasteiger partial charge in [-0.3, -0.25) is 9.59 Å². The van der Waals surface area contributed by atoms with Gasteiger partial charge in [-0.15, -0.1) is 0 Å². The molecule has 92 valence electrons. The quantitative estimate of drug-likeness (QED) is 0.802. The number of nitrogens with one attached hydrogen (secondary N) is 2. The third kappa shape index (κ3) is 5.15. The van der Waals surface area contributed by atoms with Crippen LogP contribution in [0.4, 0.5) is 0 Å². The van der Waals surface area contributed by atoms with Crippen molar-refractivity contribution in [3.63, 3.8) is 0 Å². The summed E-state index contributed by atoms with van der Waals surface area (Å²) in [6.45, 7) is 4.29. The number of amides is 2. The lowest BCUT2D eigenvalue weighted by Gasteiger charge is -2.06. The molecule has 2 amide bonds. The fourth-order valence-electron chi connectivity index (χ4n) is 1.27. The zero-order valence-corrected chi connectivity index (χ0v) is 10.2. The first-order valence-corrected chi connectivity index (χ1v) is 5.70. The van der Waals surface area contributed by atoms with Gasteiger partial charge in [0.25, 0.3) is 0 Å². The number of hydrogen-bond donors (Lipinski definition) is 2. The van der Waals surface area contributed by atoms with Crippen molar-refractivity contribution in [1.82, 2.24) is 10.6 Å². The average molecular weight is 234 g/mol. The highest BCUT2D eigenvalue weighted by molar-refractivity contribution is 5.84. The van der Waals surface area contributed by atoms with E-state index < -0.39 is 0 Å². The van der Waals surface area contributed by atoms with E-state index >= 15 is 0 Å². The zero-order valence-electron chi connectivity index (χ0n) is 10.2. The molecule has 0 spiro atoms. The summed E-state index contributed by atoms with van der Waals surface area (Å²) in [5, 5.41) is 5.27. The predicted molar refractivity (Wildman–Crippen MR) is 66.3 cm³/mol. The fraction of sp³-hybridized carbons (Fsp3) is 0.385. The molecule has 0 aliphatic carbocycles. The second-order valence-electron chi connectivity index (χ2n) is 3.89. The number of carbonyl (C=O) groups excluding carboxylic acids is 2. The van der Waals surface area contributed by atoms with Crippen molar-refractivity contribution < 1.29 is 9.59 Å². The maximum absolute atomic E-state index is 11.4. The lowest BCUT2D eigenvalue weighted by Crippen LogP contribution is -2.36. The van der Waals surface area contributed by atoms with E-state index in [9.17, 15) is 9.59 Å². The average Bonchev–Trinajstić information content (AvgIpc) is 2.35. The van der Waals surface area contributed by atoms with Gasteiger partial charge in [0.05, 0.1) is 6.54 Å². The molecule has 0 saturated heterocycles. The first-order chi connectivity index (χ1) is 8.11. The van der Waals surface area contributed by atoms with E-state index in [0.717, 1.165) is 5.56 Å². The first-order valence-electron chi connectivity index (χ1n) is 5.70. The Kier molecular flexibility index (Phi) is 5.20. The first kappa shape index (κ1) is 13.2. The second-order valence-corrected chi connectivity index (χ2v) is 3.89. The van der Waals surface area contributed by atoms with Gasteiger partial charge in [-0.2, -0.15) is 0 Å². The van der Waals surface area contributed by atoms with Crippen LogP contribution in [-0.4, -0.2) is 18.4 Å². The molecule has 0 unspecified atom stereocenters.